The number of hydrogen-bond acceptors (Lipinski definition) is 3. The van der Waals surface area contributed by atoms with E-state index in [4.69, 9.17) is 5.11 Å². The van der Waals surface area contributed by atoms with E-state index in [1.807, 2.05) is 13.8 Å². The van der Waals surface area contributed by atoms with E-state index in [2.05, 4.69) is 4.90 Å². The summed E-state index contributed by atoms with van der Waals surface area (Å²) in [5.74, 6) is -0.617. The Bertz CT molecular complexity index is 263. The van der Waals surface area contributed by atoms with Gasteiger partial charge in [-0.3, -0.25) is 4.90 Å². The maximum Gasteiger partial charge on any atom is 0.328 e. The number of rotatable bonds is 3. The second-order valence-corrected chi connectivity index (χ2v) is 4.40. The van der Waals surface area contributed by atoms with Gasteiger partial charge < -0.3 is 10.2 Å². The van der Waals surface area contributed by atoms with Crippen LogP contribution in [-0.2, 0) is 4.79 Å². The van der Waals surface area contributed by atoms with Crippen LogP contribution in [0.2, 0.25) is 0 Å². The maximum atomic E-state index is 10.4. The van der Waals surface area contributed by atoms with E-state index in [9.17, 15) is 9.90 Å². The van der Waals surface area contributed by atoms with E-state index in [0.717, 1.165) is 25.1 Å². The zero-order chi connectivity index (χ0) is 11.4. The molecule has 1 heterocycles. The van der Waals surface area contributed by atoms with Gasteiger partial charge in [0.15, 0.2) is 0 Å². The van der Waals surface area contributed by atoms with Crippen LogP contribution >= 0.6 is 0 Å². The smallest absolute Gasteiger partial charge is 0.328 e. The Balaban J connectivity index is 2.43. The average Bonchev–Trinajstić information content (AvgIpc) is 2.10. The highest BCUT2D eigenvalue weighted by molar-refractivity contribution is 5.80. The molecule has 0 aromatic rings. The van der Waals surface area contributed by atoms with Gasteiger partial charge in [-0.1, -0.05) is 12.5 Å². The van der Waals surface area contributed by atoms with Gasteiger partial charge in [-0.25, -0.2) is 4.79 Å². The summed E-state index contributed by atoms with van der Waals surface area (Å²) in [6.07, 6.45) is 1.82. The fraction of sp³-hybridized carbons (Fsp3) is 0.727. The van der Waals surface area contributed by atoms with Gasteiger partial charge in [-0.05, 0) is 19.3 Å². The first-order chi connectivity index (χ1) is 6.99. The van der Waals surface area contributed by atoms with Crippen molar-refractivity contribution in [2.75, 3.05) is 19.6 Å². The van der Waals surface area contributed by atoms with Gasteiger partial charge in [0, 0.05) is 25.7 Å². The lowest BCUT2D eigenvalue weighted by Crippen LogP contribution is -2.42. The zero-order valence-corrected chi connectivity index (χ0v) is 9.31. The first-order valence-electron chi connectivity index (χ1n) is 5.29. The molecular formula is C11H19NO3. The van der Waals surface area contributed by atoms with E-state index in [-0.39, 0.29) is 12.0 Å². The van der Waals surface area contributed by atoms with Crippen molar-refractivity contribution in [3.8, 4) is 0 Å². The minimum atomic E-state index is -0.891. The van der Waals surface area contributed by atoms with Gasteiger partial charge in [0.1, 0.15) is 0 Å². The topological polar surface area (TPSA) is 60.8 Å². The lowest BCUT2D eigenvalue weighted by Gasteiger charge is -2.34. The number of aliphatic carboxylic acids is 1. The predicted octanol–water partition coefficient (Wildman–Crippen LogP) is 0.720. The molecule has 0 spiro atoms. The summed E-state index contributed by atoms with van der Waals surface area (Å²) >= 11 is 0. The number of hydrogen-bond donors (Lipinski definition) is 2. The van der Waals surface area contributed by atoms with Crippen LogP contribution in [0, 0.1) is 5.92 Å². The van der Waals surface area contributed by atoms with Crippen LogP contribution in [0.1, 0.15) is 20.3 Å². The number of carboxylic acid groups (broad SMARTS) is 1. The third-order valence-corrected chi connectivity index (χ3v) is 2.79. The van der Waals surface area contributed by atoms with Crippen molar-refractivity contribution in [2.45, 2.75) is 26.4 Å². The van der Waals surface area contributed by atoms with Crippen molar-refractivity contribution in [3.05, 3.63) is 11.6 Å². The van der Waals surface area contributed by atoms with Gasteiger partial charge in [-0.2, -0.15) is 0 Å². The molecule has 1 rings (SSSR count). The molecule has 1 fully saturated rings. The van der Waals surface area contributed by atoms with Gasteiger partial charge in [0.25, 0.3) is 0 Å². The van der Waals surface area contributed by atoms with Crippen molar-refractivity contribution >= 4 is 5.97 Å². The second kappa shape index (κ2) is 5.28. The minimum absolute atomic E-state index is 0.204. The number of aliphatic hydroxyl groups excluding tert-OH is 1. The summed E-state index contributed by atoms with van der Waals surface area (Å²) in [4.78, 5) is 12.6. The van der Waals surface area contributed by atoms with Crippen LogP contribution in [0.3, 0.4) is 0 Å². The molecule has 2 N–H and O–H groups in total. The number of aliphatic hydroxyl groups is 1. The molecule has 15 heavy (non-hydrogen) atoms. The zero-order valence-electron chi connectivity index (χ0n) is 9.31. The second-order valence-electron chi connectivity index (χ2n) is 4.40. The molecule has 0 aliphatic carbocycles. The molecule has 4 nitrogen and oxygen atoms in total. The molecule has 2 atom stereocenters. The minimum Gasteiger partial charge on any atom is -0.478 e. The van der Waals surface area contributed by atoms with E-state index in [1.54, 1.807) is 0 Å². The molecule has 4 heteroatoms. The van der Waals surface area contributed by atoms with Gasteiger partial charge in [-0.15, -0.1) is 0 Å². The molecule has 0 aromatic carbocycles. The number of carbonyl (C=O) groups is 1. The van der Waals surface area contributed by atoms with Gasteiger partial charge in [0.05, 0.1) is 6.10 Å². The van der Waals surface area contributed by atoms with E-state index in [1.165, 1.54) is 6.08 Å². The number of carboxylic acids is 1. The third kappa shape index (κ3) is 4.01. The fourth-order valence-corrected chi connectivity index (χ4v) is 1.97. The molecule has 0 aromatic heterocycles. The van der Waals surface area contributed by atoms with E-state index >= 15 is 0 Å². The van der Waals surface area contributed by atoms with Gasteiger partial charge in [0.2, 0.25) is 0 Å². The molecular weight excluding hydrogens is 194 g/mol. The first kappa shape index (κ1) is 12.2. The molecule has 1 aliphatic rings. The average molecular weight is 213 g/mol. The van der Waals surface area contributed by atoms with Crippen molar-refractivity contribution < 1.29 is 15.0 Å². The summed E-state index contributed by atoms with van der Waals surface area (Å²) in [5, 5.41) is 18.1. The lowest BCUT2D eigenvalue weighted by molar-refractivity contribution is -0.131. The highest BCUT2D eigenvalue weighted by atomic mass is 16.4. The maximum absolute atomic E-state index is 10.4. The lowest BCUT2D eigenvalue weighted by atomic mass is 9.96. The molecule has 0 amide bonds. The van der Waals surface area contributed by atoms with Crippen LogP contribution in [0.4, 0.5) is 0 Å². The first-order valence-corrected chi connectivity index (χ1v) is 5.29. The Morgan fingerprint density at radius 3 is 2.80 bits per heavy atom. The molecule has 1 aliphatic heterocycles. The molecule has 1 saturated heterocycles. The van der Waals surface area contributed by atoms with Crippen LogP contribution < -0.4 is 0 Å². The molecule has 0 radical (unpaired) electrons. The SMILES string of the molecule is C/C(=C\C(=O)O)CN1CCC(O)C(C)C1. The van der Waals surface area contributed by atoms with Crippen LogP contribution in [0.5, 0.6) is 0 Å². The van der Waals surface area contributed by atoms with E-state index < -0.39 is 5.97 Å². The van der Waals surface area contributed by atoms with Gasteiger partial charge >= 0.3 is 5.97 Å². The van der Waals surface area contributed by atoms with Crippen LogP contribution in [0.15, 0.2) is 11.6 Å². The predicted molar refractivity (Wildman–Crippen MR) is 57.6 cm³/mol. The van der Waals surface area contributed by atoms with Crippen LogP contribution in [-0.4, -0.2) is 46.8 Å². The van der Waals surface area contributed by atoms with Crippen molar-refractivity contribution in [1.82, 2.24) is 4.90 Å². The Kier molecular flexibility index (Phi) is 4.29. The Morgan fingerprint density at radius 2 is 2.27 bits per heavy atom. The number of nitrogens with zero attached hydrogens (tertiary/aromatic N) is 1. The quantitative estimate of drug-likeness (QED) is 0.678. The highest BCUT2D eigenvalue weighted by Gasteiger charge is 2.23. The van der Waals surface area contributed by atoms with Crippen molar-refractivity contribution in [3.63, 3.8) is 0 Å². The summed E-state index contributed by atoms with van der Waals surface area (Å²) < 4.78 is 0. The Morgan fingerprint density at radius 1 is 1.60 bits per heavy atom. The molecule has 0 bridgehead atoms. The monoisotopic (exact) mass is 213 g/mol. The van der Waals surface area contributed by atoms with E-state index in [0.29, 0.717) is 6.54 Å². The number of likely N-dealkylation sites (tertiary alicyclic amines) is 1. The Hall–Kier alpha value is -0.870. The largest absolute Gasteiger partial charge is 0.478 e. The number of piperidine rings is 1. The molecule has 2 unspecified atom stereocenters. The summed E-state index contributed by atoms with van der Waals surface area (Å²) in [6, 6.07) is 0. The summed E-state index contributed by atoms with van der Waals surface area (Å²) in [5.41, 5.74) is 0.853. The normalized spacial score (nSPS) is 29.1. The molecule has 86 valence electrons. The Labute approximate surface area is 90.2 Å². The standard InChI is InChI=1S/C11H19NO3/c1-8(5-11(14)15)6-12-4-3-10(13)9(2)7-12/h5,9-10,13H,3-4,6-7H2,1-2H3,(H,14,15)/b8-5+. The molecule has 0 saturated carbocycles. The van der Waals surface area contributed by atoms with Crippen molar-refractivity contribution in [1.29, 1.82) is 0 Å². The summed E-state index contributed by atoms with van der Waals surface area (Å²) in [7, 11) is 0. The third-order valence-electron chi connectivity index (χ3n) is 2.79. The van der Waals surface area contributed by atoms with Crippen LogP contribution in [0.25, 0.3) is 0 Å². The van der Waals surface area contributed by atoms with Crippen molar-refractivity contribution in [2.24, 2.45) is 5.92 Å². The fourth-order valence-electron chi connectivity index (χ4n) is 1.97. The summed E-state index contributed by atoms with van der Waals surface area (Å²) in [6.45, 7) is 6.21. The highest BCUT2D eigenvalue weighted by Crippen LogP contribution is 2.17.